The van der Waals surface area contributed by atoms with Crippen LogP contribution in [0.4, 0.5) is 19.0 Å². The second kappa shape index (κ2) is 6.13. The minimum absolute atomic E-state index is 0.250. The Balaban J connectivity index is 1.92. The Morgan fingerprint density at radius 2 is 1.88 bits per heavy atom. The second-order valence-electron chi connectivity index (χ2n) is 5.67. The smallest absolute Gasteiger partial charge is 0.391 e. The first-order valence-corrected chi connectivity index (χ1v) is 7.37. The van der Waals surface area contributed by atoms with Crippen LogP contribution < -0.4 is 4.90 Å². The van der Waals surface area contributed by atoms with Gasteiger partial charge in [-0.25, -0.2) is 4.98 Å². The summed E-state index contributed by atoms with van der Waals surface area (Å²) in [4.78, 5) is 6.03. The predicted molar refractivity (Wildman–Crippen MR) is 81.1 cm³/mol. The molecule has 1 aromatic carbocycles. The largest absolute Gasteiger partial charge is 0.416 e. The Morgan fingerprint density at radius 1 is 1.17 bits per heavy atom. The molecule has 2 aromatic rings. The van der Waals surface area contributed by atoms with Gasteiger partial charge in [0.1, 0.15) is 17.6 Å². The monoisotopic (exact) mass is 333 g/mol. The van der Waals surface area contributed by atoms with E-state index >= 15 is 0 Å². The molecule has 0 aliphatic carbocycles. The van der Waals surface area contributed by atoms with E-state index in [0.29, 0.717) is 24.3 Å². The highest BCUT2D eigenvalue weighted by molar-refractivity contribution is 5.47. The zero-order valence-corrected chi connectivity index (χ0v) is 12.5. The minimum Gasteiger partial charge on any atom is -0.391 e. The average Bonchev–Trinajstić information content (AvgIpc) is 2.96. The van der Waals surface area contributed by atoms with Gasteiger partial charge in [-0.3, -0.25) is 0 Å². The van der Waals surface area contributed by atoms with Gasteiger partial charge in [0.2, 0.25) is 0 Å². The number of benzene rings is 1. The Hall–Kier alpha value is -2.59. The summed E-state index contributed by atoms with van der Waals surface area (Å²) < 4.78 is 38.1. The lowest BCUT2D eigenvalue weighted by Gasteiger charge is -2.26. The molecule has 0 radical (unpaired) electrons. The number of hydrogen-bond donors (Lipinski definition) is 1. The average molecular weight is 333 g/mol. The van der Waals surface area contributed by atoms with E-state index < -0.39 is 17.8 Å². The molecule has 3 rings (SSSR count). The van der Waals surface area contributed by atoms with Crippen LogP contribution in [-0.2, 0) is 6.18 Å². The number of β-amino-alcohol motifs (C(OH)–C–C–N with tert-alkyl or cyclic N) is 1. The molecule has 2 heterocycles. The van der Waals surface area contributed by atoms with Crippen molar-refractivity contribution in [3.8, 4) is 6.07 Å². The van der Waals surface area contributed by atoms with Crippen LogP contribution in [0.25, 0.3) is 0 Å². The molecule has 1 aliphatic rings. The zero-order chi connectivity index (χ0) is 17.3. The van der Waals surface area contributed by atoms with Gasteiger partial charge in [-0.2, -0.15) is 18.4 Å². The number of nitrogens with zero attached hydrogens (tertiary/aromatic N) is 3. The van der Waals surface area contributed by atoms with Gasteiger partial charge in [-0.15, -0.1) is 0 Å². The highest BCUT2D eigenvalue weighted by atomic mass is 19.4. The Bertz CT molecular complexity index is 768. The topological polar surface area (TPSA) is 60.2 Å². The number of pyridine rings is 1. The van der Waals surface area contributed by atoms with Crippen molar-refractivity contribution in [3.63, 3.8) is 0 Å². The standard InChI is InChI=1S/C17H14F3N3O/c18-17(19,20)12-6-4-11(5-7-12)15-8-14(24)10-23(15)16-3-1-2-13(9-21)22-16/h1-7,14-15,24H,8,10H2/t14-,15-/m0/s1. The van der Waals surface area contributed by atoms with E-state index in [1.165, 1.54) is 12.1 Å². The molecule has 1 N–H and O–H groups in total. The van der Waals surface area contributed by atoms with Gasteiger partial charge in [0, 0.05) is 6.54 Å². The molecular weight excluding hydrogens is 319 g/mol. The second-order valence-corrected chi connectivity index (χ2v) is 5.67. The number of halogens is 3. The molecule has 1 aromatic heterocycles. The molecule has 0 saturated carbocycles. The third kappa shape index (κ3) is 3.19. The summed E-state index contributed by atoms with van der Waals surface area (Å²) in [6.07, 6.45) is -4.59. The molecule has 0 spiro atoms. The lowest BCUT2D eigenvalue weighted by Crippen LogP contribution is -2.25. The zero-order valence-electron chi connectivity index (χ0n) is 12.5. The fourth-order valence-electron chi connectivity index (χ4n) is 2.92. The highest BCUT2D eigenvalue weighted by Crippen LogP contribution is 2.37. The highest BCUT2D eigenvalue weighted by Gasteiger charge is 2.34. The third-order valence-electron chi connectivity index (χ3n) is 4.04. The van der Waals surface area contributed by atoms with Gasteiger partial charge in [0.05, 0.1) is 17.7 Å². The molecule has 1 aliphatic heterocycles. The first kappa shape index (κ1) is 16.3. The first-order valence-electron chi connectivity index (χ1n) is 7.37. The maximum atomic E-state index is 12.7. The SMILES string of the molecule is N#Cc1cccc(N2C[C@@H](O)C[C@H]2c2ccc(C(F)(F)F)cc2)n1. The van der Waals surface area contributed by atoms with E-state index in [9.17, 15) is 18.3 Å². The Labute approximate surface area is 136 Å². The van der Waals surface area contributed by atoms with E-state index in [2.05, 4.69) is 4.98 Å². The molecule has 124 valence electrons. The summed E-state index contributed by atoms with van der Waals surface area (Å²) in [5.74, 6) is 0.524. The van der Waals surface area contributed by atoms with E-state index in [1.54, 1.807) is 18.2 Å². The van der Waals surface area contributed by atoms with Crippen molar-refractivity contribution in [3.05, 3.63) is 59.3 Å². The van der Waals surface area contributed by atoms with Crippen molar-refractivity contribution >= 4 is 5.82 Å². The van der Waals surface area contributed by atoms with Gasteiger partial charge < -0.3 is 10.0 Å². The number of alkyl halides is 3. The van der Waals surface area contributed by atoms with Crippen LogP contribution in [0.2, 0.25) is 0 Å². The summed E-state index contributed by atoms with van der Waals surface area (Å²) in [7, 11) is 0. The van der Waals surface area contributed by atoms with Gasteiger partial charge >= 0.3 is 6.18 Å². The molecule has 2 atom stereocenters. The summed E-state index contributed by atoms with van der Waals surface area (Å²) >= 11 is 0. The van der Waals surface area contributed by atoms with Gasteiger partial charge in [0.15, 0.2) is 0 Å². The van der Waals surface area contributed by atoms with Crippen molar-refractivity contribution in [2.75, 3.05) is 11.4 Å². The third-order valence-corrected chi connectivity index (χ3v) is 4.04. The first-order chi connectivity index (χ1) is 11.4. The number of nitriles is 1. The lowest BCUT2D eigenvalue weighted by atomic mass is 10.0. The van der Waals surface area contributed by atoms with Crippen molar-refractivity contribution < 1.29 is 18.3 Å². The molecule has 0 bridgehead atoms. The number of aromatic nitrogens is 1. The number of hydrogen-bond acceptors (Lipinski definition) is 4. The molecule has 7 heteroatoms. The van der Waals surface area contributed by atoms with Gasteiger partial charge in [-0.05, 0) is 36.2 Å². The molecule has 1 fully saturated rings. The molecule has 0 amide bonds. The van der Waals surface area contributed by atoms with Crippen LogP contribution in [0.5, 0.6) is 0 Å². The maximum absolute atomic E-state index is 12.7. The van der Waals surface area contributed by atoms with Crippen LogP contribution in [-0.4, -0.2) is 22.7 Å². The van der Waals surface area contributed by atoms with Crippen LogP contribution in [0, 0.1) is 11.3 Å². The van der Waals surface area contributed by atoms with Crippen molar-refractivity contribution in [1.82, 2.24) is 4.98 Å². The van der Waals surface area contributed by atoms with Crippen molar-refractivity contribution in [1.29, 1.82) is 5.26 Å². The minimum atomic E-state index is -4.38. The number of anilines is 1. The van der Waals surface area contributed by atoms with Crippen LogP contribution >= 0.6 is 0 Å². The summed E-state index contributed by atoms with van der Waals surface area (Å²) in [6, 6.07) is 11.6. The fraction of sp³-hybridized carbons (Fsp3) is 0.294. The molecular formula is C17H14F3N3O. The molecule has 0 unspecified atom stereocenters. The number of aliphatic hydroxyl groups is 1. The summed E-state index contributed by atoms with van der Waals surface area (Å²) in [6.45, 7) is 0.313. The van der Waals surface area contributed by atoms with E-state index in [4.69, 9.17) is 5.26 Å². The predicted octanol–water partition coefficient (Wildman–Crippen LogP) is 3.28. The quantitative estimate of drug-likeness (QED) is 0.916. The fourth-order valence-corrected chi connectivity index (χ4v) is 2.92. The van der Waals surface area contributed by atoms with Crippen LogP contribution in [0.15, 0.2) is 42.5 Å². The molecule has 4 nitrogen and oxygen atoms in total. The number of rotatable bonds is 2. The molecule has 1 saturated heterocycles. The summed E-state index contributed by atoms with van der Waals surface area (Å²) in [5, 5.41) is 18.9. The Kier molecular flexibility index (Phi) is 4.16. The van der Waals surface area contributed by atoms with E-state index in [1.807, 2.05) is 11.0 Å². The van der Waals surface area contributed by atoms with Crippen molar-refractivity contribution in [2.45, 2.75) is 24.7 Å². The van der Waals surface area contributed by atoms with Gasteiger partial charge in [0.25, 0.3) is 0 Å². The Morgan fingerprint density at radius 3 is 2.50 bits per heavy atom. The number of aliphatic hydroxyl groups excluding tert-OH is 1. The van der Waals surface area contributed by atoms with Crippen molar-refractivity contribution in [2.24, 2.45) is 0 Å². The van der Waals surface area contributed by atoms with Crippen LogP contribution in [0.3, 0.4) is 0 Å². The maximum Gasteiger partial charge on any atom is 0.416 e. The van der Waals surface area contributed by atoms with Crippen LogP contribution in [0.1, 0.15) is 29.3 Å². The van der Waals surface area contributed by atoms with E-state index in [0.717, 1.165) is 12.1 Å². The summed E-state index contributed by atoms with van der Waals surface area (Å²) in [5.41, 5.74) is 0.213. The van der Waals surface area contributed by atoms with Gasteiger partial charge in [-0.1, -0.05) is 18.2 Å². The normalized spacial score (nSPS) is 20.9. The molecule has 24 heavy (non-hydrogen) atoms. The lowest BCUT2D eigenvalue weighted by molar-refractivity contribution is -0.137. The van der Waals surface area contributed by atoms with E-state index in [-0.39, 0.29) is 11.7 Å².